The summed E-state index contributed by atoms with van der Waals surface area (Å²) in [6.07, 6.45) is -0.949. The van der Waals surface area contributed by atoms with E-state index < -0.39 is 29.5 Å². The summed E-state index contributed by atoms with van der Waals surface area (Å²) in [4.78, 5) is 44.3. The number of esters is 1. The smallest absolute Gasteiger partial charge is 0.413 e. The Hall–Kier alpha value is -2.97. The van der Waals surface area contributed by atoms with Gasteiger partial charge in [-0.15, -0.1) is 0 Å². The predicted octanol–water partition coefficient (Wildman–Crippen LogP) is 1.33. The molecule has 118 valence electrons. The first-order valence-corrected chi connectivity index (χ1v) is 6.24. The number of nitro groups is 1. The largest absolute Gasteiger partial charge is 0.452 e. The molecule has 0 aromatic heterocycles. The molecule has 1 rings (SSSR count). The van der Waals surface area contributed by atoms with Crippen LogP contribution in [0.1, 0.15) is 22.8 Å². The molecule has 0 saturated carbocycles. The molecule has 9 heteroatoms. The monoisotopic (exact) mass is 310 g/mol. The Bertz CT molecular complexity index is 612. The van der Waals surface area contributed by atoms with Gasteiger partial charge in [-0.1, -0.05) is 6.07 Å². The molecule has 0 heterocycles. The van der Waals surface area contributed by atoms with Crippen molar-refractivity contribution < 1.29 is 28.8 Å². The van der Waals surface area contributed by atoms with Gasteiger partial charge in [0.15, 0.2) is 6.61 Å². The number of hydrogen-bond donors (Lipinski definition) is 1. The molecule has 1 N–H and O–H groups in total. The van der Waals surface area contributed by atoms with Crippen LogP contribution in [0, 0.1) is 17.0 Å². The minimum Gasteiger partial charge on any atom is -0.452 e. The molecule has 9 nitrogen and oxygen atoms in total. The summed E-state index contributed by atoms with van der Waals surface area (Å²) < 4.78 is 9.18. The number of ether oxygens (including phenoxy) is 2. The van der Waals surface area contributed by atoms with Gasteiger partial charge in [0, 0.05) is 11.6 Å². The van der Waals surface area contributed by atoms with E-state index >= 15 is 0 Å². The van der Waals surface area contributed by atoms with E-state index in [2.05, 4.69) is 4.74 Å². The Morgan fingerprint density at radius 2 is 1.95 bits per heavy atom. The molecule has 2 amide bonds. The summed E-state index contributed by atoms with van der Waals surface area (Å²) in [7, 11) is 0. The summed E-state index contributed by atoms with van der Waals surface area (Å²) in [5.41, 5.74) is -0.133. The fraction of sp³-hybridized carbons (Fsp3) is 0.308. The molecule has 0 aliphatic carbocycles. The maximum atomic E-state index is 11.8. The zero-order valence-corrected chi connectivity index (χ0v) is 12.0. The number of imide groups is 1. The van der Waals surface area contributed by atoms with E-state index in [1.54, 1.807) is 6.92 Å². The molecule has 0 aliphatic heterocycles. The SMILES string of the molecule is CCOC(=O)NC(=O)COC(=O)c1cccc([N+](=O)[O-])c1C. The van der Waals surface area contributed by atoms with Gasteiger partial charge in [-0.2, -0.15) is 0 Å². The second kappa shape index (κ2) is 7.72. The van der Waals surface area contributed by atoms with Gasteiger partial charge >= 0.3 is 12.1 Å². The Kier molecular flexibility index (Phi) is 5.99. The third-order valence-electron chi connectivity index (χ3n) is 2.57. The Labute approximate surface area is 125 Å². The zero-order chi connectivity index (χ0) is 16.7. The number of hydrogen-bond acceptors (Lipinski definition) is 7. The maximum absolute atomic E-state index is 11.8. The highest BCUT2D eigenvalue weighted by Crippen LogP contribution is 2.21. The van der Waals surface area contributed by atoms with Crippen molar-refractivity contribution in [2.45, 2.75) is 13.8 Å². The molecule has 0 atom stereocenters. The van der Waals surface area contributed by atoms with E-state index in [9.17, 15) is 24.5 Å². The Morgan fingerprint density at radius 1 is 1.27 bits per heavy atom. The van der Waals surface area contributed by atoms with Gasteiger partial charge < -0.3 is 9.47 Å². The molecule has 0 radical (unpaired) electrons. The van der Waals surface area contributed by atoms with Crippen molar-refractivity contribution in [2.24, 2.45) is 0 Å². The minimum absolute atomic E-state index is 0.0295. The van der Waals surface area contributed by atoms with E-state index in [4.69, 9.17) is 4.74 Å². The molecule has 0 saturated heterocycles. The van der Waals surface area contributed by atoms with Crippen LogP contribution in [0.15, 0.2) is 18.2 Å². The number of rotatable bonds is 5. The van der Waals surface area contributed by atoms with E-state index in [0.717, 1.165) is 0 Å². The number of nitrogens with one attached hydrogen (secondary N) is 1. The van der Waals surface area contributed by atoms with Gasteiger partial charge in [-0.3, -0.25) is 20.2 Å². The molecule has 0 spiro atoms. The fourth-order valence-electron chi connectivity index (χ4n) is 1.57. The van der Waals surface area contributed by atoms with Gasteiger partial charge in [0.05, 0.1) is 17.1 Å². The van der Waals surface area contributed by atoms with Crippen molar-refractivity contribution in [2.75, 3.05) is 13.2 Å². The first kappa shape index (κ1) is 17.1. The first-order chi connectivity index (χ1) is 10.4. The van der Waals surface area contributed by atoms with Crippen LogP contribution in [-0.2, 0) is 14.3 Å². The summed E-state index contributed by atoms with van der Waals surface area (Å²) in [5, 5.41) is 12.6. The molecule has 1 aromatic carbocycles. The zero-order valence-electron chi connectivity index (χ0n) is 12.0. The summed E-state index contributed by atoms with van der Waals surface area (Å²) in [6.45, 7) is 2.34. The first-order valence-electron chi connectivity index (χ1n) is 6.24. The minimum atomic E-state index is -0.949. The average molecular weight is 310 g/mol. The van der Waals surface area contributed by atoms with E-state index in [-0.39, 0.29) is 23.4 Å². The number of nitrogens with zero attached hydrogens (tertiary/aromatic N) is 1. The van der Waals surface area contributed by atoms with Crippen molar-refractivity contribution >= 4 is 23.7 Å². The van der Waals surface area contributed by atoms with Gasteiger partial charge in [0.25, 0.3) is 11.6 Å². The Balaban J connectivity index is 2.67. The standard InChI is InChI=1S/C13H14N2O7/c1-3-21-13(18)14-11(16)7-22-12(17)9-5-4-6-10(8(9)2)15(19)20/h4-6H,3,7H2,1-2H3,(H,14,16,18). The Morgan fingerprint density at radius 3 is 2.55 bits per heavy atom. The number of nitro benzene ring substituents is 1. The summed E-state index contributed by atoms with van der Waals surface area (Å²) in [5.74, 6) is -1.77. The lowest BCUT2D eigenvalue weighted by molar-refractivity contribution is -0.385. The summed E-state index contributed by atoms with van der Waals surface area (Å²) >= 11 is 0. The fourth-order valence-corrected chi connectivity index (χ4v) is 1.57. The lowest BCUT2D eigenvalue weighted by Crippen LogP contribution is -2.34. The normalized spacial score (nSPS) is 9.73. The van der Waals surface area contributed by atoms with Crippen molar-refractivity contribution in [3.8, 4) is 0 Å². The van der Waals surface area contributed by atoms with Crippen molar-refractivity contribution in [3.05, 3.63) is 39.4 Å². The lowest BCUT2D eigenvalue weighted by Gasteiger charge is -2.07. The van der Waals surface area contributed by atoms with Gasteiger partial charge in [-0.25, -0.2) is 9.59 Å². The highest BCUT2D eigenvalue weighted by Gasteiger charge is 2.20. The van der Waals surface area contributed by atoms with Crippen LogP contribution in [0.4, 0.5) is 10.5 Å². The van der Waals surface area contributed by atoms with Gasteiger partial charge in [0.1, 0.15) is 0 Å². The molecule has 0 fully saturated rings. The van der Waals surface area contributed by atoms with Crippen LogP contribution in [0.3, 0.4) is 0 Å². The van der Waals surface area contributed by atoms with E-state index in [0.29, 0.717) is 0 Å². The average Bonchev–Trinajstić information content (AvgIpc) is 2.44. The number of alkyl carbamates (subject to hydrolysis) is 1. The number of amides is 2. The predicted molar refractivity (Wildman–Crippen MR) is 73.3 cm³/mol. The molecular weight excluding hydrogens is 296 g/mol. The quantitative estimate of drug-likeness (QED) is 0.494. The third kappa shape index (κ3) is 4.54. The van der Waals surface area contributed by atoms with Crippen LogP contribution in [0.5, 0.6) is 0 Å². The van der Waals surface area contributed by atoms with Crippen molar-refractivity contribution in [1.29, 1.82) is 0 Å². The number of benzene rings is 1. The van der Waals surface area contributed by atoms with Crippen LogP contribution in [0.25, 0.3) is 0 Å². The molecular formula is C13H14N2O7. The lowest BCUT2D eigenvalue weighted by atomic mass is 10.1. The van der Waals surface area contributed by atoms with Crippen molar-refractivity contribution in [1.82, 2.24) is 5.32 Å². The second-order valence-corrected chi connectivity index (χ2v) is 4.05. The highest BCUT2D eigenvalue weighted by atomic mass is 16.6. The molecule has 0 unspecified atom stereocenters. The maximum Gasteiger partial charge on any atom is 0.413 e. The second-order valence-electron chi connectivity index (χ2n) is 4.05. The number of carbonyl (C=O) groups is 3. The van der Waals surface area contributed by atoms with Crippen LogP contribution < -0.4 is 5.32 Å². The van der Waals surface area contributed by atoms with E-state index in [1.807, 2.05) is 5.32 Å². The highest BCUT2D eigenvalue weighted by molar-refractivity contribution is 5.96. The third-order valence-corrected chi connectivity index (χ3v) is 2.57. The van der Waals surface area contributed by atoms with E-state index in [1.165, 1.54) is 25.1 Å². The van der Waals surface area contributed by atoms with Crippen molar-refractivity contribution in [3.63, 3.8) is 0 Å². The molecule has 22 heavy (non-hydrogen) atoms. The number of carbonyl (C=O) groups excluding carboxylic acids is 3. The van der Waals surface area contributed by atoms with Crippen LogP contribution in [-0.4, -0.2) is 36.1 Å². The van der Waals surface area contributed by atoms with Crippen LogP contribution in [0.2, 0.25) is 0 Å². The van der Waals surface area contributed by atoms with Crippen LogP contribution >= 0.6 is 0 Å². The molecule has 0 bridgehead atoms. The molecule has 0 aliphatic rings. The van der Waals surface area contributed by atoms with Gasteiger partial charge in [-0.05, 0) is 19.9 Å². The summed E-state index contributed by atoms with van der Waals surface area (Å²) in [6, 6.07) is 3.92. The van der Waals surface area contributed by atoms with Gasteiger partial charge in [0.2, 0.25) is 0 Å². The molecule has 1 aromatic rings. The topological polar surface area (TPSA) is 125 Å².